The molecule has 0 aliphatic heterocycles. The van der Waals surface area contributed by atoms with Gasteiger partial charge in [-0.25, -0.2) is 8.78 Å². The molecule has 0 radical (unpaired) electrons. The molecule has 0 N–H and O–H groups in total. The molecule has 1 unspecified atom stereocenters. The minimum atomic E-state index is -0.532. The summed E-state index contributed by atoms with van der Waals surface area (Å²) >= 11 is 0. The first-order chi connectivity index (χ1) is 15.6. The van der Waals surface area contributed by atoms with E-state index >= 15 is 4.39 Å². The second-order valence-electron chi connectivity index (χ2n) is 9.88. The summed E-state index contributed by atoms with van der Waals surface area (Å²) in [5.74, 6) is 0.640. The molecule has 33 heavy (non-hydrogen) atoms. The molecular weight excluding hydrogens is 412 g/mol. The molecule has 0 amide bonds. The minimum absolute atomic E-state index is 0.155. The van der Waals surface area contributed by atoms with Crippen LogP contribution in [0.1, 0.15) is 91.5 Å². The molecule has 1 nitrogen and oxygen atoms in total. The molecule has 1 aromatic carbocycles. The predicted molar refractivity (Wildman–Crippen MR) is 140 cm³/mol. The van der Waals surface area contributed by atoms with Crippen LogP contribution < -0.4 is 0 Å². The molecule has 180 valence electrons. The summed E-state index contributed by atoms with van der Waals surface area (Å²) in [4.78, 5) is 4.63. The number of hydrogen-bond acceptors (Lipinski definition) is 1. The third-order valence-corrected chi connectivity index (χ3v) is 6.04. The van der Waals surface area contributed by atoms with Crippen molar-refractivity contribution < 1.29 is 8.78 Å². The van der Waals surface area contributed by atoms with Crippen LogP contribution in [0.25, 0.3) is 16.3 Å². The predicted octanol–water partition coefficient (Wildman–Crippen LogP) is 9.65. The van der Waals surface area contributed by atoms with Crippen LogP contribution in [0.15, 0.2) is 48.0 Å². The van der Waals surface area contributed by atoms with Gasteiger partial charge in [0.2, 0.25) is 0 Å². The van der Waals surface area contributed by atoms with Crippen molar-refractivity contribution in [3.63, 3.8) is 0 Å². The number of hydrogen-bond donors (Lipinski definition) is 0. The zero-order chi connectivity index (χ0) is 24.9. The molecule has 2 aromatic rings. The molecule has 0 saturated carbocycles. The van der Waals surface area contributed by atoms with Crippen molar-refractivity contribution in [3.05, 3.63) is 70.6 Å². The number of fused-ring (bicyclic) bond motifs is 1. The molecule has 0 saturated heterocycles. The number of benzene rings is 1. The Morgan fingerprint density at radius 3 is 2.39 bits per heavy atom. The fourth-order valence-electron chi connectivity index (χ4n) is 4.70. The normalized spacial score (nSPS) is 18.4. The molecule has 4 rings (SSSR count). The SMILES string of the molecule is CC.CC(C)C.CCC=CCC1CC=C(F)C2=C1c1nccc3c(F)c(C)cc(c13)C2(C)C. The molecule has 0 fully saturated rings. The lowest BCUT2D eigenvalue weighted by Crippen LogP contribution is -2.30. The van der Waals surface area contributed by atoms with E-state index in [2.05, 4.69) is 44.8 Å². The van der Waals surface area contributed by atoms with Crippen molar-refractivity contribution >= 4 is 16.3 Å². The Morgan fingerprint density at radius 1 is 1.15 bits per heavy atom. The molecule has 2 aliphatic carbocycles. The fraction of sp³-hybridized carbons (Fsp3) is 0.500. The van der Waals surface area contributed by atoms with Crippen molar-refractivity contribution in [1.29, 1.82) is 0 Å². The lowest BCUT2D eigenvalue weighted by atomic mass is 9.64. The van der Waals surface area contributed by atoms with E-state index in [1.54, 1.807) is 25.3 Å². The average molecular weight is 454 g/mol. The topological polar surface area (TPSA) is 12.9 Å². The highest BCUT2D eigenvalue weighted by molar-refractivity contribution is 6.01. The fourth-order valence-corrected chi connectivity index (χ4v) is 4.70. The smallest absolute Gasteiger partial charge is 0.134 e. The van der Waals surface area contributed by atoms with Crippen LogP contribution in [0, 0.1) is 24.6 Å². The van der Waals surface area contributed by atoms with E-state index in [-0.39, 0.29) is 17.6 Å². The summed E-state index contributed by atoms with van der Waals surface area (Å²) in [5, 5.41) is 1.44. The van der Waals surface area contributed by atoms with Crippen LogP contribution in [-0.4, -0.2) is 4.98 Å². The first-order valence-corrected chi connectivity index (χ1v) is 12.5. The zero-order valence-corrected chi connectivity index (χ0v) is 21.9. The Bertz CT molecular complexity index is 1070. The van der Waals surface area contributed by atoms with Gasteiger partial charge in [0.1, 0.15) is 11.6 Å². The third kappa shape index (κ3) is 5.28. The number of nitrogens with zero attached hydrogens (tertiary/aromatic N) is 1. The Labute approximate surface area is 199 Å². The van der Waals surface area contributed by atoms with Gasteiger partial charge in [-0.1, -0.05) is 73.6 Å². The van der Waals surface area contributed by atoms with Gasteiger partial charge in [-0.3, -0.25) is 4.98 Å². The summed E-state index contributed by atoms with van der Waals surface area (Å²) < 4.78 is 30.0. The number of halogens is 2. The number of allylic oxidation sites excluding steroid dienone is 6. The van der Waals surface area contributed by atoms with E-state index in [4.69, 9.17) is 0 Å². The lowest BCUT2D eigenvalue weighted by Gasteiger charge is -2.40. The third-order valence-electron chi connectivity index (χ3n) is 6.04. The van der Waals surface area contributed by atoms with Crippen molar-refractivity contribution in [2.24, 2.45) is 11.8 Å². The number of rotatable bonds is 3. The molecule has 1 atom stereocenters. The highest BCUT2D eigenvalue weighted by atomic mass is 19.1. The molecule has 2 aliphatic rings. The molecule has 1 heterocycles. The summed E-state index contributed by atoms with van der Waals surface area (Å²) in [6.45, 7) is 18.5. The highest BCUT2D eigenvalue weighted by Gasteiger charge is 2.42. The quantitative estimate of drug-likeness (QED) is 0.421. The second kappa shape index (κ2) is 11.2. The van der Waals surface area contributed by atoms with Gasteiger partial charge in [-0.05, 0) is 66.9 Å². The van der Waals surface area contributed by atoms with E-state index in [1.165, 1.54) is 0 Å². The van der Waals surface area contributed by atoms with Gasteiger partial charge in [0.15, 0.2) is 0 Å². The van der Waals surface area contributed by atoms with Crippen molar-refractivity contribution in [3.8, 4) is 0 Å². The second-order valence-corrected chi connectivity index (χ2v) is 9.88. The molecule has 0 bridgehead atoms. The van der Waals surface area contributed by atoms with Crippen LogP contribution in [-0.2, 0) is 5.41 Å². The van der Waals surface area contributed by atoms with E-state index in [1.807, 2.05) is 33.8 Å². The van der Waals surface area contributed by atoms with Crippen molar-refractivity contribution in [2.45, 2.75) is 87.0 Å². The van der Waals surface area contributed by atoms with Gasteiger partial charge < -0.3 is 0 Å². The standard InChI is InChI=1S/C24H25F2N.C4H10.C2H6/c1-5-6-7-8-15-9-10-18(25)21-19(15)23-20-16(11-12-27-23)22(26)14(2)13-17(20)24(21,3)4;1-4(2)3;1-2/h6-7,10-13,15H,5,8-9H2,1-4H3;4H,1-3H3;1-2H3. The summed E-state index contributed by atoms with van der Waals surface area (Å²) in [6.07, 6.45) is 10.2. The van der Waals surface area contributed by atoms with Crippen molar-refractivity contribution in [2.75, 3.05) is 0 Å². The number of pyridine rings is 1. The lowest BCUT2D eigenvalue weighted by molar-refractivity contribution is 0.523. The molecule has 0 spiro atoms. The minimum Gasteiger partial charge on any atom is -0.256 e. The van der Waals surface area contributed by atoms with E-state index in [0.717, 1.165) is 46.5 Å². The van der Waals surface area contributed by atoms with Crippen molar-refractivity contribution in [1.82, 2.24) is 4.98 Å². The van der Waals surface area contributed by atoms with Crippen LogP contribution >= 0.6 is 0 Å². The summed E-state index contributed by atoms with van der Waals surface area (Å²) in [7, 11) is 0. The first kappa shape index (κ1) is 27.0. The number of aromatic nitrogens is 1. The van der Waals surface area contributed by atoms with Crippen LogP contribution in [0.4, 0.5) is 8.78 Å². The molecule has 1 aromatic heterocycles. The van der Waals surface area contributed by atoms with Crippen LogP contribution in [0.5, 0.6) is 0 Å². The Kier molecular flexibility index (Phi) is 9.17. The van der Waals surface area contributed by atoms with E-state index in [0.29, 0.717) is 17.4 Å². The Morgan fingerprint density at radius 2 is 1.79 bits per heavy atom. The zero-order valence-electron chi connectivity index (χ0n) is 21.9. The van der Waals surface area contributed by atoms with Gasteiger partial charge in [0.05, 0.1) is 5.69 Å². The van der Waals surface area contributed by atoms with E-state index in [9.17, 15) is 4.39 Å². The van der Waals surface area contributed by atoms with Gasteiger partial charge in [0.25, 0.3) is 0 Å². The largest absolute Gasteiger partial charge is 0.256 e. The first-order valence-electron chi connectivity index (χ1n) is 12.5. The monoisotopic (exact) mass is 453 g/mol. The van der Waals surface area contributed by atoms with Crippen LogP contribution in [0.3, 0.4) is 0 Å². The highest BCUT2D eigenvalue weighted by Crippen LogP contribution is 2.54. The average Bonchev–Trinajstić information content (AvgIpc) is 2.77. The molecule has 3 heteroatoms. The summed E-state index contributed by atoms with van der Waals surface area (Å²) in [5.41, 5.74) is 3.47. The van der Waals surface area contributed by atoms with Gasteiger partial charge in [0, 0.05) is 28.0 Å². The Hall–Kier alpha value is -2.29. The molecular formula is C30H41F2N. The van der Waals surface area contributed by atoms with Crippen LogP contribution in [0.2, 0.25) is 0 Å². The van der Waals surface area contributed by atoms with Gasteiger partial charge in [-0.2, -0.15) is 0 Å². The summed E-state index contributed by atoms with van der Waals surface area (Å²) in [6, 6.07) is 3.62. The maximum atomic E-state index is 15.1. The Balaban J connectivity index is 0.000000582. The number of aryl methyl sites for hydroxylation is 1. The van der Waals surface area contributed by atoms with Gasteiger partial charge in [-0.15, -0.1) is 0 Å². The maximum Gasteiger partial charge on any atom is 0.134 e. The van der Waals surface area contributed by atoms with E-state index < -0.39 is 5.41 Å². The van der Waals surface area contributed by atoms with Gasteiger partial charge >= 0.3 is 0 Å². The maximum absolute atomic E-state index is 15.1.